The van der Waals surface area contributed by atoms with Crippen molar-refractivity contribution in [2.24, 2.45) is 0 Å². The summed E-state index contributed by atoms with van der Waals surface area (Å²) in [7, 11) is -3.42. The fourth-order valence-corrected chi connectivity index (χ4v) is 5.07. The number of fused-ring (bicyclic) bond motifs is 1. The second-order valence-corrected chi connectivity index (χ2v) is 8.19. The number of piperidine rings is 1. The maximum absolute atomic E-state index is 12.8. The summed E-state index contributed by atoms with van der Waals surface area (Å²) in [5, 5.41) is 7.83. The van der Waals surface area contributed by atoms with Crippen LogP contribution >= 0.6 is 0 Å². The molecule has 130 valence electrons. The molecule has 0 amide bonds. The van der Waals surface area contributed by atoms with Gasteiger partial charge in [0.15, 0.2) is 5.65 Å². The van der Waals surface area contributed by atoms with Gasteiger partial charge in [-0.2, -0.15) is 22.1 Å². The van der Waals surface area contributed by atoms with Gasteiger partial charge >= 0.3 is 0 Å². The molecule has 4 heterocycles. The topological polar surface area (TPSA) is 91.4 Å². The zero-order valence-electron chi connectivity index (χ0n) is 13.4. The van der Waals surface area contributed by atoms with E-state index in [4.69, 9.17) is 4.74 Å². The molecule has 0 bridgehead atoms. The van der Waals surface area contributed by atoms with Gasteiger partial charge < -0.3 is 4.74 Å². The highest BCUT2D eigenvalue weighted by Gasteiger charge is 2.35. The first-order valence-electron chi connectivity index (χ1n) is 8.27. The van der Waals surface area contributed by atoms with Crippen molar-refractivity contribution in [2.75, 3.05) is 39.4 Å². The number of pyridine rings is 1. The monoisotopic (exact) mass is 351 g/mol. The molecule has 9 heteroatoms. The minimum atomic E-state index is -3.42. The fourth-order valence-electron chi connectivity index (χ4n) is 3.40. The Morgan fingerprint density at radius 1 is 1.17 bits per heavy atom. The van der Waals surface area contributed by atoms with Crippen LogP contribution in [0.3, 0.4) is 0 Å². The number of ether oxygens (including phenoxy) is 1. The Balaban J connectivity index is 1.54. The molecular formula is C15H21N5O3S. The number of aromatic amines is 1. The molecule has 1 atom stereocenters. The van der Waals surface area contributed by atoms with Crippen molar-refractivity contribution >= 4 is 21.2 Å². The highest BCUT2D eigenvalue weighted by molar-refractivity contribution is 7.86. The van der Waals surface area contributed by atoms with Crippen molar-refractivity contribution in [3.63, 3.8) is 0 Å². The van der Waals surface area contributed by atoms with Crippen LogP contribution < -0.4 is 0 Å². The van der Waals surface area contributed by atoms with Crippen LogP contribution in [0.5, 0.6) is 0 Å². The molecule has 0 spiro atoms. The first kappa shape index (κ1) is 15.9. The van der Waals surface area contributed by atoms with Crippen LogP contribution in [0.2, 0.25) is 0 Å². The molecule has 2 fully saturated rings. The number of H-pyrrole nitrogens is 1. The van der Waals surface area contributed by atoms with E-state index in [0.29, 0.717) is 39.4 Å². The van der Waals surface area contributed by atoms with Gasteiger partial charge in [0, 0.05) is 43.2 Å². The van der Waals surface area contributed by atoms with E-state index in [1.807, 2.05) is 12.1 Å². The van der Waals surface area contributed by atoms with Gasteiger partial charge in [-0.15, -0.1) is 0 Å². The van der Waals surface area contributed by atoms with E-state index < -0.39 is 10.2 Å². The van der Waals surface area contributed by atoms with E-state index in [1.165, 1.54) is 4.31 Å². The summed E-state index contributed by atoms with van der Waals surface area (Å²) >= 11 is 0. The molecular weight excluding hydrogens is 330 g/mol. The highest BCUT2D eigenvalue weighted by atomic mass is 32.2. The molecule has 0 aromatic carbocycles. The van der Waals surface area contributed by atoms with Gasteiger partial charge in [0.05, 0.1) is 19.4 Å². The van der Waals surface area contributed by atoms with Crippen molar-refractivity contribution in [3.8, 4) is 0 Å². The molecule has 2 aliphatic rings. The Morgan fingerprint density at radius 3 is 2.83 bits per heavy atom. The van der Waals surface area contributed by atoms with Crippen LogP contribution in [-0.2, 0) is 14.9 Å². The molecule has 24 heavy (non-hydrogen) atoms. The minimum absolute atomic E-state index is 0.113. The maximum atomic E-state index is 12.8. The summed E-state index contributed by atoms with van der Waals surface area (Å²) < 4.78 is 34.1. The van der Waals surface area contributed by atoms with E-state index in [0.717, 1.165) is 29.6 Å². The number of rotatable bonds is 3. The van der Waals surface area contributed by atoms with Crippen molar-refractivity contribution in [3.05, 3.63) is 24.0 Å². The smallest absolute Gasteiger partial charge is 0.282 e. The third-order valence-electron chi connectivity index (χ3n) is 4.75. The molecule has 4 rings (SSSR count). The Bertz CT molecular complexity index is 815. The van der Waals surface area contributed by atoms with Crippen LogP contribution in [-0.4, -0.2) is 71.6 Å². The average molecular weight is 351 g/mol. The van der Waals surface area contributed by atoms with Gasteiger partial charge in [0.1, 0.15) is 0 Å². The zero-order chi connectivity index (χ0) is 16.6. The van der Waals surface area contributed by atoms with E-state index in [1.54, 1.807) is 10.5 Å². The third-order valence-corrected chi connectivity index (χ3v) is 6.75. The predicted molar refractivity (Wildman–Crippen MR) is 88.7 cm³/mol. The van der Waals surface area contributed by atoms with Crippen LogP contribution in [0.4, 0.5) is 0 Å². The van der Waals surface area contributed by atoms with Crippen molar-refractivity contribution in [1.82, 2.24) is 23.8 Å². The van der Waals surface area contributed by atoms with Crippen molar-refractivity contribution in [1.29, 1.82) is 0 Å². The quantitative estimate of drug-likeness (QED) is 0.879. The molecule has 0 saturated carbocycles. The SMILES string of the molecule is O=S(=O)(N1CCOCC1)N1CCC[C@H](c2ccc3cn[nH]c3n2)C1. The van der Waals surface area contributed by atoms with Gasteiger partial charge in [0.2, 0.25) is 0 Å². The molecule has 0 radical (unpaired) electrons. The molecule has 2 saturated heterocycles. The van der Waals surface area contributed by atoms with E-state index >= 15 is 0 Å². The van der Waals surface area contributed by atoms with Gasteiger partial charge in [0.25, 0.3) is 10.2 Å². The molecule has 2 aromatic heterocycles. The number of aromatic nitrogens is 3. The molecule has 8 nitrogen and oxygen atoms in total. The predicted octanol–water partition coefficient (Wildman–Crippen LogP) is 0.714. The maximum Gasteiger partial charge on any atom is 0.282 e. The van der Waals surface area contributed by atoms with Crippen LogP contribution in [0, 0.1) is 0 Å². The van der Waals surface area contributed by atoms with Gasteiger partial charge in [-0.3, -0.25) is 5.10 Å². The second kappa shape index (κ2) is 6.40. The largest absolute Gasteiger partial charge is 0.379 e. The first-order valence-corrected chi connectivity index (χ1v) is 9.67. The Hall–Kier alpha value is -1.55. The highest BCUT2D eigenvalue weighted by Crippen LogP contribution is 2.29. The second-order valence-electron chi connectivity index (χ2n) is 6.26. The summed E-state index contributed by atoms with van der Waals surface area (Å²) in [5.74, 6) is 0.113. The van der Waals surface area contributed by atoms with Gasteiger partial charge in [-0.1, -0.05) is 0 Å². The number of morpholine rings is 1. The number of hydrogen-bond acceptors (Lipinski definition) is 5. The normalized spacial score (nSPS) is 24.4. The van der Waals surface area contributed by atoms with Crippen LogP contribution in [0.25, 0.3) is 11.0 Å². The summed E-state index contributed by atoms with van der Waals surface area (Å²) in [6, 6.07) is 3.96. The summed E-state index contributed by atoms with van der Waals surface area (Å²) in [4.78, 5) is 4.61. The lowest BCUT2D eigenvalue weighted by atomic mass is 9.95. The molecule has 2 aromatic rings. The van der Waals surface area contributed by atoms with E-state index in [-0.39, 0.29) is 5.92 Å². The van der Waals surface area contributed by atoms with Crippen molar-refractivity contribution < 1.29 is 13.2 Å². The Kier molecular flexibility index (Phi) is 4.25. The standard InChI is InChI=1S/C15H21N5O3S/c21-24(22,19-6-8-23-9-7-19)20-5-1-2-13(11-20)14-4-3-12-10-16-18-15(12)17-14/h3-4,10,13H,1-2,5-9,11H2,(H,16,17,18)/t13-/m0/s1. The lowest BCUT2D eigenvalue weighted by Crippen LogP contribution is -2.51. The summed E-state index contributed by atoms with van der Waals surface area (Å²) in [6.07, 6.45) is 3.53. The van der Waals surface area contributed by atoms with Crippen molar-refractivity contribution in [2.45, 2.75) is 18.8 Å². The fraction of sp³-hybridized carbons (Fsp3) is 0.600. The average Bonchev–Trinajstić information content (AvgIpc) is 3.10. The van der Waals surface area contributed by atoms with Crippen LogP contribution in [0.15, 0.2) is 18.3 Å². The van der Waals surface area contributed by atoms with E-state index in [2.05, 4.69) is 15.2 Å². The number of nitrogens with one attached hydrogen (secondary N) is 1. The molecule has 2 aliphatic heterocycles. The minimum Gasteiger partial charge on any atom is -0.379 e. The molecule has 0 aliphatic carbocycles. The summed E-state index contributed by atoms with van der Waals surface area (Å²) in [6.45, 7) is 2.85. The zero-order valence-corrected chi connectivity index (χ0v) is 14.2. The number of hydrogen-bond donors (Lipinski definition) is 1. The Morgan fingerprint density at radius 2 is 2.00 bits per heavy atom. The van der Waals surface area contributed by atoms with Gasteiger partial charge in [-0.25, -0.2) is 4.98 Å². The van der Waals surface area contributed by atoms with Crippen LogP contribution in [0.1, 0.15) is 24.5 Å². The Labute approximate surface area is 141 Å². The first-order chi connectivity index (χ1) is 11.6. The summed E-state index contributed by atoms with van der Waals surface area (Å²) in [5.41, 5.74) is 1.68. The molecule has 1 N–H and O–H groups in total. The lowest BCUT2D eigenvalue weighted by molar-refractivity contribution is 0.0695. The van der Waals surface area contributed by atoms with E-state index in [9.17, 15) is 8.42 Å². The third kappa shape index (κ3) is 2.92. The molecule has 0 unspecified atom stereocenters. The lowest BCUT2D eigenvalue weighted by Gasteiger charge is -2.36. The number of nitrogens with zero attached hydrogens (tertiary/aromatic N) is 4. The van der Waals surface area contributed by atoms with Gasteiger partial charge in [-0.05, 0) is 25.0 Å².